The first-order chi connectivity index (χ1) is 11.1. The van der Waals surface area contributed by atoms with Gasteiger partial charge in [0.2, 0.25) is 0 Å². The van der Waals surface area contributed by atoms with Crippen LogP contribution in [0.1, 0.15) is 13.0 Å². The molecule has 5 N–H and O–H groups in total. The molecule has 2 aromatic heterocycles. The number of anilines is 1. The number of hydrogen-bond acceptors (Lipinski definition) is 3. The number of nitrogens with one attached hydrogen (secondary N) is 2. The fraction of sp³-hybridized carbons (Fsp3) is 0.158. The molecule has 0 spiro atoms. The lowest BCUT2D eigenvalue weighted by atomic mass is 10.2. The van der Waals surface area contributed by atoms with Crippen LogP contribution in [0.15, 0.2) is 48.8 Å². The standard InChI is InChI=1S/C9H10N2O.C9H9NO.CH4/c1-12-6-2-3-7-8(10)5-11-9(7)4-6;1-6-5-10-9-4-7(11)2-3-8(6)9;/h2-5,11H,10H2,1H3;2-5,10-11H,1H3;1H4. The molecule has 0 aliphatic carbocycles. The average Bonchev–Trinajstić information content (AvgIpc) is 3.11. The van der Waals surface area contributed by atoms with Crippen LogP contribution in [0.3, 0.4) is 0 Å². The SMILES string of the molecule is C.COc1ccc2c(N)c[nH]c2c1.Cc1c[nH]c2cc(O)ccc12. The predicted molar refractivity (Wildman–Crippen MR) is 101 cm³/mol. The first-order valence-electron chi connectivity index (χ1n) is 7.26. The molecule has 0 amide bonds. The van der Waals surface area contributed by atoms with Gasteiger partial charge in [0.25, 0.3) is 0 Å². The van der Waals surface area contributed by atoms with Crippen molar-refractivity contribution in [2.24, 2.45) is 0 Å². The van der Waals surface area contributed by atoms with Crippen molar-refractivity contribution in [1.82, 2.24) is 9.97 Å². The van der Waals surface area contributed by atoms with Crippen molar-refractivity contribution in [2.45, 2.75) is 14.4 Å². The molecule has 2 aromatic carbocycles. The highest BCUT2D eigenvalue weighted by Gasteiger charge is 2.00. The Hall–Kier alpha value is -3.08. The number of benzene rings is 2. The van der Waals surface area contributed by atoms with Crippen molar-refractivity contribution in [3.8, 4) is 11.5 Å². The van der Waals surface area contributed by atoms with E-state index in [0.717, 1.165) is 27.9 Å². The highest BCUT2D eigenvalue weighted by molar-refractivity contribution is 5.91. The largest absolute Gasteiger partial charge is 0.508 e. The maximum absolute atomic E-state index is 9.12. The highest BCUT2D eigenvalue weighted by Crippen LogP contribution is 2.24. The first kappa shape index (κ1) is 17.3. The van der Waals surface area contributed by atoms with Crippen molar-refractivity contribution in [2.75, 3.05) is 12.8 Å². The molecule has 0 atom stereocenters. The van der Waals surface area contributed by atoms with Crippen LogP contribution in [-0.4, -0.2) is 22.2 Å². The topological polar surface area (TPSA) is 87.1 Å². The van der Waals surface area contributed by atoms with Crippen LogP contribution in [0.2, 0.25) is 0 Å². The number of nitrogen functional groups attached to an aromatic ring is 1. The molecule has 24 heavy (non-hydrogen) atoms. The number of fused-ring (bicyclic) bond motifs is 2. The molecule has 5 heteroatoms. The third-order valence-corrected chi connectivity index (χ3v) is 3.79. The summed E-state index contributed by atoms with van der Waals surface area (Å²) in [5.41, 5.74) is 9.67. The zero-order valence-corrected chi connectivity index (χ0v) is 13.1. The smallest absolute Gasteiger partial charge is 0.120 e. The Morgan fingerprint density at radius 2 is 1.62 bits per heavy atom. The van der Waals surface area contributed by atoms with Gasteiger partial charge in [-0.3, -0.25) is 0 Å². The monoisotopic (exact) mass is 325 g/mol. The summed E-state index contributed by atoms with van der Waals surface area (Å²) in [4.78, 5) is 6.13. The van der Waals surface area contributed by atoms with Crippen LogP contribution in [0.25, 0.3) is 21.8 Å². The van der Waals surface area contributed by atoms with E-state index in [0.29, 0.717) is 5.75 Å². The van der Waals surface area contributed by atoms with E-state index in [2.05, 4.69) is 9.97 Å². The second-order valence-electron chi connectivity index (χ2n) is 5.36. The lowest BCUT2D eigenvalue weighted by molar-refractivity contribution is 0.415. The summed E-state index contributed by atoms with van der Waals surface area (Å²) >= 11 is 0. The third kappa shape index (κ3) is 3.30. The van der Waals surface area contributed by atoms with E-state index in [1.807, 2.05) is 37.4 Å². The van der Waals surface area contributed by atoms with Crippen molar-refractivity contribution in [3.63, 3.8) is 0 Å². The van der Waals surface area contributed by atoms with Gasteiger partial charge >= 0.3 is 0 Å². The predicted octanol–water partition coefficient (Wildman–Crippen LogP) is 4.58. The molecule has 4 rings (SSSR count). The van der Waals surface area contributed by atoms with Crippen LogP contribution >= 0.6 is 0 Å². The van der Waals surface area contributed by atoms with Crippen LogP contribution < -0.4 is 10.5 Å². The number of aromatic amines is 2. The number of rotatable bonds is 1. The molecule has 0 fully saturated rings. The van der Waals surface area contributed by atoms with Crippen molar-refractivity contribution in [1.29, 1.82) is 0 Å². The number of aromatic nitrogens is 2. The Balaban J connectivity index is 0.000000167. The summed E-state index contributed by atoms with van der Waals surface area (Å²) in [6.07, 6.45) is 3.72. The number of aromatic hydroxyl groups is 1. The molecule has 0 unspecified atom stereocenters. The number of ether oxygens (including phenoxy) is 1. The Bertz CT molecular complexity index is 954. The summed E-state index contributed by atoms with van der Waals surface area (Å²) in [6.45, 7) is 2.04. The molecule has 0 aliphatic heterocycles. The summed E-state index contributed by atoms with van der Waals surface area (Å²) in [7, 11) is 1.65. The van der Waals surface area contributed by atoms with Gasteiger partial charge in [-0.15, -0.1) is 0 Å². The second-order valence-corrected chi connectivity index (χ2v) is 5.36. The summed E-state index contributed by atoms with van der Waals surface area (Å²) < 4.78 is 5.07. The number of phenols is 1. The Labute approximate surface area is 141 Å². The normalized spacial score (nSPS) is 10.1. The maximum atomic E-state index is 9.12. The summed E-state index contributed by atoms with van der Waals surface area (Å²) in [5.74, 6) is 1.14. The third-order valence-electron chi connectivity index (χ3n) is 3.79. The Morgan fingerprint density at radius 3 is 2.38 bits per heavy atom. The van der Waals surface area contributed by atoms with Crippen molar-refractivity contribution < 1.29 is 9.84 Å². The van der Waals surface area contributed by atoms with Crippen LogP contribution in [0, 0.1) is 6.92 Å². The molecular weight excluding hydrogens is 302 g/mol. The maximum Gasteiger partial charge on any atom is 0.120 e. The highest BCUT2D eigenvalue weighted by atomic mass is 16.5. The minimum atomic E-state index is 0. The number of phenolic OH excluding ortho intramolecular Hbond substituents is 1. The zero-order valence-electron chi connectivity index (χ0n) is 13.1. The molecule has 5 nitrogen and oxygen atoms in total. The number of nitrogens with two attached hydrogens (primary N) is 1. The van der Waals surface area contributed by atoms with Gasteiger partial charge in [-0.2, -0.15) is 0 Å². The fourth-order valence-corrected chi connectivity index (χ4v) is 2.51. The zero-order chi connectivity index (χ0) is 16.4. The van der Waals surface area contributed by atoms with Crippen LogP contribution in [0.4, 0.5) is 5.69 Å². The first-order valence-corrected chi connectivity index (χ1v) is 7.26. The van der Waals surface area contributed by atoms with Gasteiger partial charge in [0, 0.05) is 40.8 Å². The average molecular weight is 325 g/mol. The second kappa shape index (κ2) is 7.00. The van der Waals surface area contributed by atoms with Crippen LogP contribution in [-0.2, 0) is 0 Å². The van der Waals surface area contributed by atoms with E-state index < -0.39 is 0 Å². The lowest BCUT2D eigenvalue weighted by Crippen LogP contribution is -1.82. The minimum absolute atomic E-state index is 0. The Kier molecular flexibility index (Phi) is 5.04. The van der Waals surface area contributed by atoms with Crippen molar-refractivity contribution in [3.05, 3.63) is 54.4 Å². The molecule has 126 valence electrons. The quantitative estimate of drug-likeness (QED) is 0.413. The van der Waals surface area contributed by atoms with Gasteiger partial charge in [0.05, 0.1) is 18.3 Å². The van der Waals surface area contributed by atoms with Crippen molar-refractivity contribution >= 4 is 27.5 Å². The van der Waals surface area contributed by atoms with Gasteiger partial charge in [0.1, 0.15) is 11.5 Å². The molecule has 0 saturated carbocycles. The lowest BCUT2D eigenvalue weighted by Gasteiger charge is -1.98. The molecule has 0 radical (unpaired) electrons. The molecule has 2 heterocycles. The number of hydrogen-bond donors (Lipinski definition) is 4. The molecule has 0 aliphatic rings. The van der Waals surface area contributed by atoms with E-state index in [9.17, 15) is 0 Å². The van der Waals surface area contributed by atoms with Gasteiger partial charge in [-0.1, -0.05) is 7.43 Å². The molecule has 0 saturated heterocycles. The molecule has 0 bridgehead atoms. The summed E-state index contributed by atoms with van der Waals surface area (Å²) in [5, 5.41) is 11.3. The van der Waals surface area contributed by atoms with Gasteiger partial charge in [-0.25, -0.2) is 0 Å². The van der Waals surface area contributed by atoms with Gasteiger partial charge in [-0.05, 0) is 36.8 Å². The van der Waals surface area contributed by atoms with E-state index >= 15 is 0 Å². The fourth-order valence-electron chi connectivity index (χ4n) is 2.51. The summed E-state index contributed by atoms with van der Waals surface area (Å²) in [6, 6.07) is 11.1. The minimum Gasteiger partial charge on any atom is -0.508 e. The van der Waals surface area contributed by atoms with E-state index in [-0.39, 0.29) is 7.43 Å². The van der Waals surface area contributed by atoms with Gasteiger partial charge in [0.15, 0.2) is 0 Å². The number of H-pyrrole nitrogens is 2. The molecular formula is C19H23N3O2. The van der Waals surface area contributed by atoms with Crippen LogP contribution in [0.5, 0.6) is 11.5 Å². The van der Waals surface area contributed by atoms with E-state index in [1.54, 1.807) is 25.4 Å². The molecule has 4 aromatic rings. The van der Waals surface area contributed by atoms with E-state index in [1.165, 1.54) is 10.9 Å². The van der Waals surface area contributed by atoms with Gasteiger partial charge < -0.3 is 25.5 Å². The Morgan fingerprint density at radius 1 is 0.958 bits per heavy atom. The van der Waals surface area contributed by atoms with E-state index in [4.69, 9.17) is 15.6 Å². The number of aryl methyl sites for hydroxylation is 1. The number of methoxy groups -OCH3 is 1.